The van der Waals surface area contributed by atoms with Crippen LogP contribution >= 0.6 is 15.9 Å². The highest BCUT2D eigenvalue weighted by Gasteiger charge is 2.12. The Hall–Kier alpha value is -1.17. The predicted octanol–water partition coefficient (Wildman–Crippen LogP) is 0.608. The molecule has 0 spiro atoms. The molecule has 1 rings (SSSR count). The van der Waals surface area contributed by atoms with Gasteiger partial charge in [0.05, 0.1) is 11.6 Å². The molecule has 0 atom stereocenters. The number of methoxy groups -OCH3 is 1. The number of nitrogens with two attached hydrogens (primary N) is 1. The molecular formula is C6H6BrN3O2. The number of carbonyl (C=O) groups is 1. The molecule has 64 valence electrons. The van der Waals surface area contributed by atoms with E-state index in [9.17, 15) is 4.79 Å². The van der Waals surface area contributed by atoms with Crippen molar-refractivity contribution in [2.24, 2.45) is 0 Å². The van der Waals surface area contributed by atoms with Gasteiger partial charge in [-0.15, -0.1) is 0 Å². The minimum Gasteiger partial charge on any atom is -0.464 e. The van der Waals surface area contributed by atoms with Gasteiger partial charge in [-0.05, 0) is 15.9 Å². The fourth-order valence-corrected chi connectivity index (χ4v) is 0.973. The van der Waals surface area contributed by atoms with Crippen molar-refractivity contribution in [2.75, 3.05) is 12.8 Å². The van der Waals surface area contributed by atoms with Gasteiger partial charge in [0, 0.05) is 6.20 Å². The summed E-state index contributed by atoms with van der Waals surface area (Å²) in [6, 6.07) is 0. The van der Waals surface area contributed by atoms with E-state index in [1.54, 1.807) is 0 Å². The van der Waals surface area contributed by atoms with Gasteiger partial charge in [0.25, 0.3) is 0 Å². The van der Waals surface area contributed by atoms with Crippen molar-refractivity contribution >= 4 is 27.8 Å². The average molecular weight is 232 g/mol. The van der Waals surface area contributed by atoms with Crippen LogP contribution in [0.2, 0.25) is 0 Å². The number of anilines is 1. The lowest BCUT2D eigenvalue weighted by Crippen LogP contribution is -2.08. The Balaban J connectivity index is 3.13. The van der Waals surface area contributed by atoms with E-state index >= 15 is 0 Å². The van der Waals surface area contributed by atoms with E-state index in [4.69, 9.17) is 5.73 Å². The Bertz CT molecular complexity index is 316. The van der Waals surface area contributed by atoms with E-state index in [1.807, 2.05) is 0 Å². The molecular weight excluding hydrogens is 226 g/mol. The molecule has 0 bridgehead atoms. The summed E-state index contributed by atoms with van der Waals surface area (Å²) in [5.41, 5.74) is 5.40. The van der Waals surface area contributed by atoms with Gasteiger partial charge in [-0.25, -0.2) is 14.8 Å². The number of esters is 1. The Labute approximate surface area is 77.1 Å². The van der Waals surface area contributed by atoms with Gasteiger partial charge in [-0.3, -0.25) is 0 Å². The Morgan fingerprint density at radius 3 is 3.00 bits per heavy atom. The van der Waals surface area contributed by atoms with Gasteiger partial charge in [0.15, 0.2) is 5.69 Å². The van der Waals surface area contributed by atoms with Crippen molar-refractivity contribution in [2.45, 2.75) is 0 Å². The Morgan fingerprint density at radius 2 is 2.42 bits per heavy atom. The van der Waals surface area contributed by atoms with Crippen LogP contribution < -0.4 is 5.73 Å². The molecule has 0 radical (unpaired) electrons. The third-order valence-corrected chi connectivity index (χ3v) is 1.72. The van der Waals surface area contributed by atoms with Crippen LogP contribution in [-0.2, 0) is 4.74 Å². The molecule has 5 nitrogen and oxygen atoms in total. The van der Waals surface area contributed by atoms with E-state index in [0.29, 0.717) is 4.47 Å². The minimum atomic E-state index is -0.545. The van der Waals surface area contributed by atoms with Gasteiger partial charge in [-0.2, -0.15) is 0 Å². The maximum absolute atomic E-state index is 11.0. The highest BCUT2D eigenvalue weighted by Crippen LogP contribution is 2.14. The number of aromatic nitrogens is 2. The molecule has 0 saturated heterocycles. The highest BCUT2D eigenvalue weighted by atomic mass is 79.9. The third-order valence-electron chi connectivity index (χ3n) is 1.14. The first kappa shape index (κ1) is 8.92. The zero-order valence-corrected chi connectivity index (χ0v) is 7.83. The van der Waals surface area contributed by atoms with Crippen molar-refractivity contribution in [3.05, 3.63) is 16.4 Å². The fraction of sp³-hybridized carbons (Fsp3) is 0.167. The molecule has 1 aromatic heterocycles. The minimum absolute atomic E-state index is 0.0404. The summed E-state index contributed by atoms with van der Waals surface area (Å²) in [5, 5.41) is 0. The number of ether oxygens (including phenoxy) is 1. The largest absolute Gasteiger partial charge is 0.464 e. The van der Waals surface area contributed by atoms with Crippen molar-refractivity contribution in [3.63, 3.8) is 0 Å². The normalized spacial score (nSPS) is 9.50. The van der Waals surface area contributed by atoms with Gasteiger partial charge in [0.1, 0.15) is 0 Å². The molecule has 0 saturated carbocycles. The standard InChI is InChI=1S/C6H6BrN3O2/c1-12-5(11)4-3(7)2-9-6(8)10-4/h2H,1H3,(H2,8,9,10). The molecule has 0 aliphatic carbocycles. The lowest BCUT2D eigenvalue weighted by Gasteiger charge is -2.00. The first-order valence-electron chi connectivity index (χ1n) is 3.01. The van der Waals surface area contributed by atoms with E-state index < -0.39 is 5.97 Å². The number of hydrogen-bond acceptors (Lipinski definition) is 5. The first-order chi connectivity index (χ1) is 5.65. The zero-order valence-electron chi connectivity index (χ0n) is 6.24. The lowest BCUT2D eigenvalue weighted by atomic mass is 10.4. The van der Waals surface area contributed by atoms with Gasteiger partial charge >= 0.3 is 5.97 Å². The summed E-state index contributed by atoms with van der Waals surface area (Å²) >= 11 is 3.09. The second-order valence-corrected chi connectivity index (χ2v) is 2.77. The number of nitrogen functional groups attached to an aromatic ring is 1. The van der Waals surface area contributed by atoms with E-state index in [0.717, 1.165) is 0 Å². The molecule has 0 amide bonds. The van der Waals surface area contributed by atoms with E-state index in [1.165, 1.54) is 13.3 Å². The molecule has 1 heterocycles. The summed E-state index contributed by atoms with van der Waals surface area (Å²) in [6.07, 6.45) is 1.40. The van der Waals surface area contributed by atoms with Crippen molar-refractivity contribution in [3.8, 4) is 0 Å². The summed E-state index contributed by atoms with van der Waals surface area (Å²) < 4.78 is 4.92. The number of nitrogens with zero attached hydrogens (tertiary/aromatic N) is 2. The molecule has 1 aromatic rings. The lowest BCUT2D eigenvalue weighted by molar-refractivity contribution is 0.0593. The van der Waals surface area contributed by atoms with Gasteiger partial charge < -0.3 is 10.5 Å². The quantitative estimate of drug-likeness (QED) is 0.717. The van der Waals surface area contributed by atoms with Crippen LogP contribution in [0.4, 0.5) is 5.95 Å². The maximum atomic E-state index is 11.0. The highest BCUT2D eigenvalue weighted by molar-refractivity contribution is 9.10. The summed E-state index contributed by atoms with van der Waals surface area (Å²) in [6.45, 7) is 0. The molecule has 0 aliphatic rings. The second-order valence-electron chi connectivity index (χ2n) is 1.92. The molecule has 0 unspecified atom stereocenters. The number of hydrogen-bond donors (Lipinski definition) is 1. The number of halogens is 1. The van der Waals surface area contributed by atoms with Crippen molar-refractivity contribution in [1.82, 2.24) is 9.97 Å². The molecule has 0 aromatic carbocycles. The van der Waals surface area contributed by atoms with Crippen LogP contribution in [-0.4, -0.2) is 23.0 Å². The van der Waals surface area contributed by atoms with E-state index in [2.05, 4.69) is 30.6 Å². The fourth-order valence-electron chi connectivity index (χ4n) is 0.621. The summed E-state index contributed by atoms with van der Waals surface area (Å²) in [4.78, 5) is 18.3. The average Bonchev–Trinajstić information content (AvgIpc) is 2.08. The van der Waals surface area contributed by atoms with Crippen molar-refractivity contribution < 1.29 is 9.53 Å². The monoisotopic (exact) mass is 231 g/mol. The molecule has 12 heavy (non-hydrogen) atoms. The van der Waals surface area contributed by atoms with Gasteiger partial charge in [0.2, 0.25) is 5.95 Å². The van der Waals surface area contributed by atoms with Crippen molar-refractivity contribution in [1.29, 1.82) is 0 Å². The molecule has 0 aliphatic heterocycles. The van der Waals surface area contributed by atoms with Crippen LogP contribution in [0.5, 0.6) is 0 Å². The zero-order chi connectivity index (χ0) is 9.14. The van der Waals surface area contributed by atoms with Gasteiger partial charge in [-0.1, -0.05) is 0 Å². The first-order valence-corrected chi connectivity index (χ1v) is 3.80. The number of carbonyl (C=O) groups excluding carboxylic acids is 1. The smallest absolute Gasteiger partial charge is 0.358 e. The molecule has 6 heteroatoms. The Morgan fingerprint density at radius 1 is 1.75 bits per heavy atom. The van der Waals surface area contributed by atoms with Crippen LogP contribution in [0.3, 0.4) is 0 Å². The van der Waals surface area contributed by atoms with Crippen LogP contribution in [0.25, 0.3) is 0 Å². The third kappa shape index (κ3) is 1.70. The molecule has 2 N–H and O–H groups in total. The Kier molecular flexibility index (Phi) is 2.59. The predicted molar refractivity (Wildman–Crippen MR) is 45.5 cm³/mol. The summed E-state index contributed by atoms with van der Waals surface area (Å²) in [7, 11) is 1.27. The van der Waals surface area contributed by atoms with Crippen LogP contribution in [0, 0.1) is 0 Å². The molecule has 0 fully saturated rings. The van der Waals surface area contributed by atoms with E-state index in [-0.39, 0.29) is 11.6 Å². The van der Waals surface area contributed by atoms with Crippen LogP contribution in [0.1, 0.15) is 10.5 Å². The summed E-state index contributed by atoms with van der Waals surface area (Å²) in [5.74, 6) is -0.505. The number of rotatable bonds is 1. The SMILES string of the molecule is COC(=O)c1nc(N)ncc1Br. The van der Waals surface area contributed by atoms with Crippen LogP contribution in [0.15, 0.2) is 10.7 Å². The topological polar surface area (TPSA) is 78.1 Å². The maximum Gasteiger partial charge on any atom is 0.358 e. The second kappa shape index (κ2) is 3.48.